The van der Waals surface area contributed by atoms with Crippen LogP contribution in [-0.2, 0) is 33.4 Å². The summed E-state index contributed by atoms with van der Waals surface area (Å²) in [7, 11) is 0. The van der Waals surface area contributed by atoms with Gasteiger partial charge >= 0.3 is 17.9 Å². The molecule has 0 radical (unpaired) electrons. The van der Waals surface area contributed by atoms with Crippen molar-refractivity contribution < 1.29 is 38.5 Å². The van der Waals surface area contributed by atoms with E-state index in [1.807, 2.05) is 0 Å². The summed E-state index contributed by atoms with van der Waals surface area (Å²) in [5.41, 5.74) is 1.11. The van der Waals surface area contributed by atoms with E-state index in [-0.39, 0.29) is 33.9 Å². The van der Waals surface area contributed by atoms with Crippen LogP contribution < -0.4 is 0 Å². The second-order valence-corrected chi connectivity index (χ2v) is 8.11. The second kappa shape index (κ2) is 8.43. The van der Waals surface area contributed by atoms with E-state index in [1.54, 1.807) is 20.8 Å². The maximum atomic E-state index is 12.8. The molecule has 0 aromatic heterocycles. The normalized spacial score (nSPS) is 30.7. The lowest BCUT2D eigenvalue weighted by atomic mass is 9.82. The van der Waals surface area contributed by atoms with Crippen molar-refractivity contribution in [3.8, 4) is 0 Å². The maximum absolute atomic E-state index is 12.8. The topological polar surface area (TPSA) is 116 Å². The fourth-order valence-corrected chi connectivity index (χ4v) is 4.49. The van der Waals surface area contributed by atoms with Crippen LogP contribution in [0.1, 0.15) is 27.7 Å². The highest BCUT2D eigenvalue weighted by Gasteiger charge is 2.57. The highest BCUT2D eigenvalue weighted by molar-refractivity contribution is 6.47. The first-order valence-corrected chi connectivity index (χ1v) is 10.1. The standard InChI is InChI=1S/C22H23ClO8/c1-6-12(7-29-11(5)24)22(28)31-20-15-10(4)21(27)30-19(15)14-8(2)16(23)18(26)13(14)9(3)17(20)25/h6,14-15,17,19-20,25H,4,7H2,1-3,5H3/b12-6+/t14-,15-,17+,19+,20-/m0/s1. The van der Waals surface area contributed by atoms with E-state index in [0.717, 1.165) is 0 Å². The van der Waals surface area contributed by atoms with Crippen molar-refractivity contribution in [2.45, 2.75) is 46.0 Å². The number of aliphatic hydroxyl groups excluding tert-OH is 1. The molecular formula is C22H23ClO8. The molecule has 166 valence electrons. The van der Waals surface area contributed by atoms with Gasteiger partial charge in [0.1, 0.15) is 24.9 Å². The molecule has 9 heteroatoms. The molecule has 0 amide bonds. The number of allylic oxidation sites excluding steroid dienone is 2. The van der Waals surface area contributed by atoms with Crippen molar-refractivity contribution in [3.63, 3.8) is 0 Å². The summed E-state index contributed by atoms with van der Waals surface area (Å²) in [6.07, 6.45) is -2.15. The van der Waals surface area contributed by atoms with Gasteiger partial charge in [0.15, 0.2) is 0 Å². The van der Waals surface area contributed by atoms with Crippen molar-refractivity contribution in [2.24, 2.45) is 11.8 Å². The lowest BCUT2D eigenvalue weighted by Gasteiger charge is -2.30. The molecule has 1 aliphatic heterocycles. The van der Waals surface area contributed by atoms with Gasteiger partial charge in [0.25, 0.3) is 0 Å². The number of fused-ring (bicyclic) bond motifs is 3. The van der Waals surface area contributed by atoms with Crippen LogP contribution in [0.15, 0.2) is 45.6 Å². The molecule has 0 bridgehead atoms. The quantitative estimate of drug-likeness (QED) is 0.392. The molecule has 5 atom stereocenters. The lowest BCUT2D eigenvalue weighted by molar-refractivity contribution is -0.155. The molecule has 3 rings (SSSR count). The number of Topliss-reactive ketones (excluding diaryl/α,β-unsaturated/α-hetero) is 1. The third-order valence-electron chi connectivity index (χ3n) is 5.98. The predicted molar refractivity (Wildman–Crippen MR) is 109 cm³/mol. The third kappa shape index (κ3) is 3.74. The predicted octanol–water partition coefficient (Wildman–Crippen LogP) is 1.91. The van der Waals surface area contributed by atoms with E-state index < -0.39 is 53.8 Å². The van der Waals surface area contributed by atoms with Crippen molar-refractivity contribution in [2.75, 3.05) is 6.61 Å². The Morgan fingerprint density at radius 1 is 1.26 bits per heavy atom. The zero-order chi connectivity index (χ0) is 23.2. The van der Waals surface area contributed by atoms with Crippen molar-refractivity contribution in [1.82, 2.24) is 0 Å². The number of rotatable bonds is 4. The summed E-state index contributed by atoms with van der Waals surface area (Å²) in [4.78, 5) is 48.9. The Balaban J connectivity index is 2.02. The van der Waals surface area contributed by atoms with E-state index in [1.165, 1.54) is 13.0 Å². The lowest BCUT2D eigenvalue weighted by Crippen LogP contribution is -2.42. The molecule has 2 aliphatic carbocycles. The Kier molecular flexibility index (Phi) is 6.25. The summed E-state index contributed by atoms with van der Waals surface area (Å²) in [5.74, 6) is -4.13. The van der Waals surface area contributed by atoms with Crippen LogP contribution >= 0.6 is 11.6 Å². The van der Waals surface area contributed by atoms with Crippen molar-refractivity contribution in [3.05, 3.63) is 45.6 Å². The molecule has 8 nitrogen and oxygen atoms in total. The average Bonchev–Trinajstić information content (AvgIpc) is 3.09. The number of ether oxygens (including phenoxy) is 3. The van der Waals surface area contributed by atoms with E-state index in [9.17, 15) is 24.3 Å². The van der Waals surface area contributed by atoms with Crippen LogP contribution in [0.4, 0.5) is 0 Å². The monoisotopic (exact) mass is 450 g/mol. The zero-order valence-electron chi connectivity index (χ0n) is 17.6. The Morgan fingerprint density at radius 2 is 1.90 bits per heavy atom. The van der Waals surface area contributed by atoms with Crippen LogP contribution in [-0.4, -0.2) is 53.7 Å². The molecule has 1 heterocycles. The molecule has 1 saturated heterocycles. The molecular weight excluding hydrogens is 428 g/mol. The van der Waals surface area contributed by atoms with Crippen LogP contribution in [0.25, 0.3) is 0 Å². The van der Waals surface area contributed by atoms with Crippen LogP contribution in [0, 0.1) is 11.8 Å². The summed E-state index contributed by atoms with van der Waals surface area (Å²) < 4.78 is 16.0. The van der Waals surface area contributed by atoms with E-state index in [4.69, 9.17) is 25.8 Å². The Hall–Kier alpha value is -2.71. The molecule has 3 aliphatic rings. The van der Waals surface area contributed by atoms with Gasteiger partial charge in [-0.15, -0.1) is 0 Å². The first-order chi connectivity index (χ1) is 14.5. The number of aliphatic hydroxyl groups is 1. The van der Waals surface area contributed by atoms with Gasteiger partial charge in [-0.25, -0.2) is 9.59 Å². The Morgan fingerprint density at radius 3 is 2.48 bits per heavy atom. The summed E-state index contributed by atoms with van der Waals surface area (Å²) in [5, 5.41) is 11.1. The number of carbonyl (C=O) groups excluding carboxylic acids is 4. The van der Waals surface area contributed by atoms with Crippen molar-refractivity contribution in [1.29, 1.82) is 0 Å². The third-order valence-corrected chi connectivity index (χ3v) is 6.45. The van der Waals surface area contributed by atoms with Gasteiger partial charge in [-0.05, 0) is 31.9 Å². The first kappa shape index (κ1) is 23.0. The van der Waals surface area contributed by atoms with Gasteiger partial charge in [-0.2, -0.15) is 0 Å². The molecule has 0 aromatic carbocycles. The van der Waals surface area contributed by atoms with E-state index in [2.05, 4.69) is 6.58 Å². The van der Waals surface area contributed by atoms with Gasteiger partial charge < -0.3 is 19.3 Å². The molecule has 0 unspecified atom stereocenters. The number of ketones is 1. The molecule has 31 heavy (non-hydrogen) atoms. The smallest absolute Gasteiger partial charge is 0.337 e. The minimum atomic E-state index is -1.41. The van der Waals surface area contributed by atoms with E-state index in [0.29, 0.717) is 5.57 Å². The fourth-order valence-electron chi connectivity index (χ4n) is 4.27. The van der Waals surface area contributed by atoms with Gasteiger partial charge in [0.2, 0.25) is 5.78 Å². The fraction of sp³-hybridized carbons (Fsp3) is 0.455. The van der Waals surface area contributed by atoms with E-state index >= 15 is 0 Å². The highest BCUT2D eigenvalue weighted by atomic mass is 35.5. The molecule has 0 saturated carbocycles. The van der Waals surface area contributed by atoms with Gasteiger partial charge in [0, 0.05) is 24.0 Å². The Labute approximate surface area is 184 Å². The second-order valence-electron chi connectivity index (χ2n) is 7.73. The number of hydrogen-bond acceptors (Lipinski definition) is 8. The number of esters is 3. The maximum Gasteiger partial charge on any atom is 0.337 e. The Bertz CT molecular complexity index is 985. The molecule has 1 fully saturated rings. The van der Waals surface area contributed by atoms with Gasteiger partial charge in [0.05, 0.1) is 16.5 Å². The number of halogens is 1. The number of hydrogen-bond donors (Lipinski definition) is 1. The molecule has 0 aromatic rings. The average molecular weight is 451 g/mol. The molecule has 0 spiro atoms. The van der Waals surface area contributed by atoms with Crippen LogP contribution in [0.3, 0.4) is 0 Å². The van der Waals surface area contributed by atoms with Gasteiger partial charge in [-0.3, -0.25) is 9.59 Å². The van der Waals surface area contributed by atoms with Crippen LogP contribution in [0.2, 0.25) is 0 Å². The minimum absolute atomic E-state index is 0.0203. The summed E-state index contributed by atoms with van der Waals surface area (Å²) in [6.45, 7) is 9.44. The van der Waals surface area contributed by atoms with Crippen LogP contribution in [0.5, 0.6) is 0 Å². The number of carbonyl (C=O) groups is 4. The minimum Gasteiger partial charge on any atom is -0.461 e. The largest absolute Gasteiger partial charge is 0.461 e. The summed E-state index contributed by atoms with van der Waals surface area (Å²) in [6, 6.07) is 0. The molecule has 1 N–H and O–H groups in total. The van der Waals surface area contributed by atoms with Crippen molar-refractivity contribution >= 4 is 35.3 Å². The zero-order valence-corrected chi connectivity index (χ0v) is 18.3. The van der Waals surface area contributed by atoms with Gasteiger partial charge in [-0.1, -0.05) is 24.3 Å². The first-order valence-electron chi connectivity index (χ1n) is 9.70. The SMILES string of the molecule is C=C1C(=O)O[C@@H]2[C@H]3C(C)=C(Cl)C(=O)C3=C(C)[C@@H](O)[C@@H](OC(=O)/C(=C/C)COC(C)=O)[C@@H]12. The summed E-state index contributed by atoms with van der Waals surface area (Å²) >= 11 is 6.18. The highest BCUT2D eigenvalue weighted by Crippen LogP contribution is 2.50.